The van der Waals surface area contributed by atoms with Gasteiger partial charge in [0.25, 0.3) is 11.8 Å². The number of hydrogen-bond donors (Lipinski definition) is 5. The first-order chi connectivity index (χ1) is 33.5. The molecule has 70 heavy (non-hydrogen) atoms. The third-order valence-electron chi connectivity index (χ3n) is 14.4. The summed E-state index contributed by atoms with van der Waals surface area (Å²) in [5, 5.41) is 23.0. The smallest absolute Gasteiger partial charge is 0.258 e. The first kappa shape index (κ1) is 51.3. The summed E-state index contributed by atoms with van der Waals surface area (Å²) in [5.74, 6) is 0.256. The molecule has 376 valence electrons. The molecule has 4 amide bonds. The normalized spacial score (nSPS) is 20.2. The van der Waals surface area contributed by atoms with Crippen LogP contribution in [0.5, 0.6) is 5.75 Å². The van der Waals surface area contributed by atoms with Crippen LogP contribution in [0.15, 0.2) is 54.2 Å². The Balaban J connectivity index is 0.805. The number of ether oxygens (including phenoxy) is 1. The number of aromatic nitrogens is 3. The number of nitrogens with zero attached hydrogens (tertiary/aromatic N) is 6. The molecule has 1 aliphatic carbocycles. The van der Waals surface area contributed by atoms with E-state index < -0.39 is 46.3 Å². The third-order valence-corrected chi connectivity index (χ3v) is 17.1. The second-order valence-corrected chi connectivity index (χ2v) is 22.6. The van der Waals surface area contributed by atoms with Crippen molar-refractivity contribution in [1.29, 1.82) is 0 Å². The van der Waals surface area contributed by atoms with Crippen LogP contribution in [0.3, 0.4) is 0 Å². The molecule has 4 aliphatic rings. The van der Waals surface area contributed by atoms with Crippen molar-refractivity contribution < 1.29 is 33.4 Å². The van der Waals surface area contributed by atoms with Gasteiger partial charge < -0.3 is 45.8 Å². The van der Waals surface area contributed by atoms with Crippen LogP contribution in [-0.4, -0.2) is 146 Å². The Kier molecular flexibility index (Phi) is 15.9. The molecule has 2 aromatic carbocycles. The lowest BCUT2D eigenvalue weighted by atomic mass is 9.71. The van der Waals surface area contributed by atoms with Crippen molar-refractivity contribution in [3.8, 4) is 16.2 Å². The predicted octanol–water partition coefficient (Wildman–Crippen LogP) is 6.84. The van der Waals surface area contributed by atoms with Crippen LogP contribution in [0.2, 0.25) is 5.02 Å². The van der Waals surface area contributed by atoms with Gasteiger partial charge in [-0.3, -0.25) is 19.2 Å². The van der Waals surface area contributed by atoms with E-state index in [1.54, 1.807) is 55.5 Å². The number of rotatable bonds is 18. The zero-order chi connectivity index (χ0) is 49.8. The highest BCUT2D eigenvalue weighted by Crippen LogP contribution is 2.43. The van der Waals surface area contributed by atoms with E-state index >= 15 is 4.39 Å². The number of piperidine rings is 2. The van der Waals surface area contributed by atoms with Gasteiger partial charge in [0.05, 0.1) is 41.2 Å². The van der Waals surface area contributed by atoms with E-state index in [0.29, 0.717) is 52.6 Å². The minimum absolute atomic E-state index is 0.0300. The summed E-state index contributed by atoms with van der Waals surface area (Å²) < 4.78 is 19.9. The molecule has 0 radical (unpaired) electrons. The fourth-order valence-electron chi connectivity index (χ4n) is 9.74. The van der Waals surface area contributed by atoms with Gasteiger partial charge in [-0.05, 0) is 126 Å². The van der Waals surface area contributed by atoms with E-state index in [4.69, 9.17) is 16.3 Å². The number of aliphatic hydroxyl groups is 1. The van der Waals surface area contributed by atoms with Gasteiger partial charge in [0, 0.05) is 50.0 Å². The number of carbonyl (C=O) groups excluding carboxylic acids is 4. The maximum atomic E-state index is 15.1. The van der Waals surface area contributed by atoms with Gasteiger partial charge in [-0.1, -0.05) is 35.9 Å². The molecule has 3 atom stereocenters. The Morgan fingerprint density at radius 1 is 1.03 bits per heavy atom. The minimum atomic E-state index is -2.00. The molecule has 1 saturated carbocycles. The maximum absolute atomic E-state index is 15.1. The number of nitrogens with one attached hydrogen (secondary N) is 4. The number of β-amino-alcohol motifs (C(OH)–C–C–N with tert-alkyl or cyclic N) is 1. The van der Waals surface area contributed by atoms with Gasteiger partial charge in [0.2, 0.25) is 17.8 Å². The first-order valence-electron chi connectivity index (χ1n) is 24.1. The minimum Gasteiger partial charge on any atom is -0.495 e. The predicted molar refractivity (Wildman–Crippen MR) is 273 cm³/mol. The molecule has 16 nitrogen and oxygen atoms in total. The molecule has 0 bridgehead atoms. The molecule has 1 spiro atoms. The summed E-state index contributed by atoms with van der Waals surface area (Å²) >= 11 is 9.25. The monoisotopic (exact) mass is 1020 g/mol. The van der Waals surface area contributed by atoms with Crippen molar-refractivity contribution in [3.63, 3.8) is 0 Å². The maximum Gasteiger partial charge on any atom is 0.258 e. The Hall–Kier alpha value is -5.08. The number of alkyl halides is 1. The SMILES string of the molecule is CNc1nc(Nc2ccc(C(=O)N3CCC4(CCN(CCCSC(C)(C)[C@H](NC(=O)C5(F)CC5)C(=O)N5C[C@H](O)CC5C(=O)NCc5ccc(-c6scnc6C)cc5)CC4)CC3)cc2OC)ncc1Cl. The summed E-state index contributed by atoms with van der Waals surface area (Å²) in [4.78, 5) is 74.9. The van der Waals surface area contributed by atoms with Crippen molar-refractivity contribution in [3.05, 3.63) is 76.0 Å². The molecule has 1 unspecified atom stereocenters. The van der Waals surface area contributed by atoms with Gasteiger partial charge in [0.15, 0.2) is 5.67 Å². The Morgan fingerprint density at radius 3 is 2.40 bits per heavy atom. The van der Waals surface area contributed by atoms with Crippen molar-refractivity contribution in [1.82, 2.24) is 40.3 Å². The lowest BCUT2D eigenvalue weighted by Crippen LogP contribution is -2.61. The Bertz CT molecular complexity index is 2530. The molecule has 4 aromatic rings. The summed E-state index contributed by atoms with van der Waals surface area (Å²) in [7, 11) is 3.28. The number of aryl methyl sites for hydroxylation is 1. The van der Waals surface area contributed by atoms with Gasteiger partial charge in [0.1, 0.15) is 28.7 Å². The summed E-state index contributed by atoms with van der Waals surface area (Å²) in [6.07, 6.45) is 5.65. The van der Waals surface area contributed by atoms with Crippen LogP contribution in [0.4, 0.5) is 21.8 Å². The fourth-order valence-corrected chi connectivity index (χ4v) is 11.9. The lowest BCUT2D eigenvalue weighted by molar-refractivity contribution is -0.143. The average Bonchev–Trinajstić information content (AvgIpc) is 3.77. The van der Waals surface area contributed by atoms with Crippen molar-refractivity contribution >= 4 is 75.8 Å². The fraction of sp³-hybridized carbons (Fsp3) is 0.540. The second kappa shape index (κ2) is 21.7. The molecular weight excluding hydrogens is 955 g/mol. The topological polar surface area (TPSA) is 194 Å². The van der Waals surface area contributed by atoms with Crippen LogP contribution in [0.25, 0.3) is 10.4 Å². The number of anilines is 3. The zero-order valence-electron chi connectivity index (χ0n) is 40.5. The summed E-state index contributed by atoms with van der Waals surface area (Å²) in [6, 6.07) is 11.1. The quantitative estimate of drug-likeness (QED) is 0.0652. The molecule has 3 aliphatic heterocycles. The number of hydrogen-bond acceptors (Lipinski definition) is 14. The molecule has 8 rings (SSSR count). The highest BCUT2D eigenvalue weighted by molar-refractivity contribution is 8.00. The zero-order valence-corrected chi connectivity index (χ0v) is 42.9. The van der Waals surface area contributed by atoms with Crippen molar-refractivity contribution in [2.24, 2.45) is 5.41 Å². The molecule has 20 heteroatoms. The van der Waals surface area contributed by atoms with Crippen LogP contribution in [-0.2, 0) is 20.9 Å². The standard InChI is InChI=1S/C50H64ClFN10O6S2/c1-31-40(69-30-56-31)33-9-7-32(8-10-33)27-54-43(64)38-26-35(63)29-62(38)45(66)41(58-46(67)50(52)13-14-50)48(2,3)70-24-6-19-60-20-15-49(16-21-60)17-22-61(23-18-49)44(65)34-11-12-37(39(25-34)68-5)57-47-55-28-36(51)42(53-4)59-47/h7-12,25,28,30,35,38,41,63H,6,13-24,26-27,29H2,1-5H3,(H,54,64)(H,58,67)(H2,53,55,57,59)/t35-,38?,41-/m1/s1. The van der Waals surface area contributed by atoms with E-state index in [0.717, 1.165) is 73.4 Å². The number of benzene rings is 2. The largest absolute Gasteiger partial charge is 0.495 e. The van der Waals surface area contributed by atoms with Crippen LogP contribution in [0, 0.1) is 12.3 Å². The number of halogens is 2. The van der Waals surface area contributed by atoms with E-state index in [2.05, 4.69) is 41.1 Å². The van der Waals surface area contributed by atoms with E-state index in [1.807, 2.05) is 55.4 Å². The van der Waals surface area contributed by atoms with Crippen molar-refractivity contribution in [2.75, 3.05) is 69.8 Å². The Labute approximate surface area is 422 Å². The van der Waals surface area contributed by atoms with Gasteiger partial charge in [-0.15, -0.1) is 11.3 Å². The highest BCUT2D eigenvalue weighted by Gasteiger charge is 2.54. The number of aliphatic hydroxyl groups excluding tert-OH is 1. The van der Waals surface area contributed by atoms with Crippen LogP contribution in [0.1, 0.15) is 86.8 Å². The third kappa shape index (κ3) is 11.8. The van der Waals surface area contributed by atoms with E-state index in [9.17, 15) is 24.3 Å². The number of amides is 4. The molecule has 5 heterocycles. The van der Waals surface area contributed by atoms with E-state index in [-0.39, 0.29) is 43.7 Å². The lowest BCUT2D eigenvalue weighted by Gasteiger charge is -2.47. The number of thioether (sulfide) groups is 1. The van der Waals surface area contributed by atoms with Crippen LogP contribution < -0.4 is 26.0 Å². The second-order valence-electron chi connectivity index (χ2n) is 19.6. The highest BCUT2D eigenvalue weighted by atomic mass is 35.5. The van der Waals surface area contributed by atoms with Gasteiger partial charge in [-0.25, -0.2) is 14.4 Å². The average molecular weight is 1020 g/mol. The van der Waals surface area contributed by atoms with Gasteiger partial charge in [-0.2, -0.15) is 16.7 Å². The Morgan fingerprint density at radius 2 is 1.74 bits per heavy atom. The van der Waals surface area contributed by atoms with Gasteiger partial charge >= 0.3 is 0 Å². The summed E-state index contributed by atoms with van der Waals surface area (Å²) in [5.41, 5.74) is 4.03. The number of carbonyl (C=O) groups is 4. The molecule has 5 N–H and O–H groups in total. The molecule has 2 aromatic heterocycles. The van der Waals surface area contributed by atoms with E-state index in [1.165, 1.54) is 11.1 Å². The number of methoxy groups -OCH3 is 1. The molecule has 3 saturated heterocycles. The number of likely N-dealkylation sites (tertiary alicyclic amines) is 3. The molecular formula is C50H64ClFN10O6S2. The van der Waals surface area contributed by atoms with Crippen LogP contribution >= 0.6 is 34.7 Å². The molecule has 4 fully saturated rings. The first-order valence-corrected chi connectivity index (χ1v) is 26.3. The number of thiazole rings is 1. The summed E-state index contributed by atoms with van der Waals surface area (Å²) in [6.45, 7) is 10.0. The van der Waals surface area contributed by atoms with Crippen molar-refractivity contribution in [2.45, 2.75) is 107 Å².